The van der Waals surface area contributed by atoms with Gasteiger partial charge in [0.05, 0.1) is 0 Å². The largest absolute Gasteiger partial charge is 0.324 e. The average molecular weight is 237 g/mol. The van der Waals surface area contributed by atoms with Crippen LogP contribution in [-0.2, 0) is 6.42 Å². The Hall–Kier alpha value is -1.22. The maximum atomic E-state index is 13.5. The van der Waals surface area contributed by atoms with Crippen LogP contribution in [0.25, 0.3) is 0 Å². The summed E-state index contributed by atoms with van der Waals surface area (Å²) in [5, 5.41) is 0. The molecule has 1 unspecified atom stereocenters. The standard InChI is InChI=1S/C14H17F2N/c15-13-6-3-7-14(16)12(13)9-10-4-1-2-5-11(17)8-10/h3,6-8,11H,1-2,4-5,9,17H2. The number of rotatable bonds is 2. The third kappa shape index (κ3) is 3.13. The van der Waals surface area contributed by atoms with Crippen LogP contribution in [0.5, 0.6) is 0 Å². The van der Waals surface area contributed by atoms with Crippen molar-refractivity contribution in [2.45, 2.75) is 38.1 Å². The fraction of sp³-hybridized carbons (Fsp3) is 0.429. The zero-order valence-electron chi connectivity index (χ0n) is 9.76. The number of allylic oxidation sites excluding steroid dienone is 1. The molecule has 0 saturated heterocycles. The lowest BCUT2D eigenvalue weighted by molar-refractivity contribution is 0.558. The minimum Gasteiger partial charge on any atom is -0.324 e. The fourth-order valence-electron chi connectivity index (χ4n) is 2.28. The summed E-state index contributed by atoms with van der Waals surface area (Å²) in [6.45, 7) is 0. The highest BCUT2D eigenvalue weighted by atomic mass is 19.1. The van der Waals surface area contributed by atoms with Gasteiger partial charge in [0.2, 0.25) is 0 Å². The predicted molar refractivity (Wildman–Crippen MR) is 64.6 cm³/mol. The van der Waals surface area contributed by atoms with Crippen LogP contribution in [0, 0.1) is 11.6 Å². The highest BCUT2D eigenvalue weighted by molar-refractivity contribution is 5.26. The molecule has 0 aliphatic heterocycles. The first kappa shape index (κ1) is 12.2. The zero-order chi connectivity index (χ0) is 12.3. The van der Waals surface area contributed by atoms with Crippen molar-refractivity contribution < 1.29 is 8.78 Å². The summed E-state index contributed by atoms with van der Waals surface area (Å²) < 4.78 is 27.0. The molecule has 1 aliphatic rings. The molecule has 0 spiro atoms. The Labute approximate surface area is 100 Å². The Morgan fingerprint density at radius 1 is 1.18 bits per heavy atom. The molecule has 1 nitrogen and oxygen atoms in total. The third-order valence-corrected chi connectivity index (χ3v) is 3.20. The summed E-state index contributed by atoms with van der Waals surface area (Å²) in [6, 6.07) is 4.02. The first-order chi connectivity index (χ1) is 8.16. The van der Waals surface area contributed by atoms with E-state index < -0.39 is 11.6 Å². The van der Waals surface area contributed by atoms with Gasteiger partial charge in [0.1, 0.15) is 11.6 Å². The molecule has 0 aromatic heterocycles. The molecule has 0 heterocycles. The van der Waals surface area contributed by atoms with Crippen LogP contribution in [0.3, 0.4) is 0 Å². The lowest BCUT2D eigenvalue weighted by atomic mass is 10.00. The van der Waals surface area contributed by atoms with Crippen LogP contribution in [-0.4, -0.2) is 6.04 Å². The van der Waals surface area contributed by atoms with Crippen LogP contribution >= 0.6 is 0 Å². The Bertz CT molecular complexity index is 406. The number of halogens is 2. The molecule has 1 aromatic rings. The van der Waals surface area contributed by atoms with Crippen LogP contribution in [0.15, 0.2) is 29.8 Å². The molecule has 2 N–H and O–H groups in total. The molecule has 1 atom stereocenters. The van der Waals surface area contributed by atoms with E-state index in [1.54, 1.807) is 0 Å². The van der Waals surface area contributed by atoms with E-state index >= 15 is 0 Å². The van der Waals surface area contributed by atoms with Gasteiger partial charge in [-0.3, -0.25) is 0 Å². The minimum absolute atomic E-state index is 0.0299. The van der Waals surface area contributed by atoms with Crippen molar-refractivity contribution in [2.24, 2.45) is 5.73 Å². The highest BCUT2D eigenvalue weighted by Crippen LogP contribution is 2.23. The van der Waals surface area contributed by atoms with Gasteiger partial charge in [0.15, 0.2) is 0 Å². The van der Waals surface area contributed by atoms with Crippen molar-refractivity contribution in [3.8, 4) is 0 Å². The van der Waals surface area contributed by atoms with E-state index in [1.165, 1.54) is 18.2 Å². The predicted octanol–water partition coefficient (Wildman–Crippen LogP) is 3.34. The topological polar surface area (TPSA) is 26.0 Å². The average Bonchev–Trinajstić information content (AvgIpc) is 2.48. The van der Waals surface area contributed by atoms with E-state index in [2.05, 4.69) is 0 Å². The van der Waals surface area contributed by atoms with Crippen LogP contribution < -0.4 is 5.73 Å². The second kappa shape index (κ2) is 5.41. The number of hydrogen-bond acceptors (Lipinski definition) is 1. The summed E-state index contributed by atoms with van der Waals surface area (Å²) in [7, 11) is 0. The Morgan fingerprint density at radius 3 is 2.59 bits per heavy atom. The van der Waals surface area contributed by atoms with Crippen molar-refractivity contribution in [1.82, 2.24) is 0 Å². The molecule has 0 fully saturated rings. The van der Waals surface area contributed by atoms with Gasteiger partial charge in [-0.15, -0.1) is 0 Å². The highest BCUT2D eigenvalue weighted by Gasteiger charge is 2.13. The van der Waals surface area contributed by atoms with Gasteiger partial charge in [0.25, 0.3) is 0 Å². The van der Waals surface area contributed by atoms with Crippen molar-refractivity contribution in [3.63, 3.8) is 0 Å². The Morgan fingerprint density at radius 2 is 1.88 bits per heavy atom. The second-order valence-electron chi connectivity index (χ2n) is 4.61. The molecule has 0 bridgehead atoms. The van der Waals surface area contributed by atoms with Gasteiger partial charge >= 0.3 is 0 Å². The van der Waals surface area contributed by atoms with E-state index in [9.17, 15) is 8.78 Å². The summed E-state index contributed by atoms with van der Waals surface area (Å²) in [5.74, 6) is -0.938. The maximum Gasteiger partial charge on any atom is 0.129 e. The normalized spacial score (nSPS) is 20.9. The molecule has 92 valence electrons. The monoisotopic (exact) mass is 237 g/mol. The van der Waals surface area contributed by atoms with E-state index in [4.69, 9.17) is 5.73 Å². The van der Waals surface area contributed by atoms with Gasteiger partial charge in [-0.2, -0.15) is 0 Å². The maximum absolute atomic E-state index is 13.5. The first-order valence-corrected chi connectivity index (χ1v) is 6.05. The van der Waals surface area contributed by atoms with Crippen LogP contribution in [0.2, 0.25) is 0 Å². The molecule has 0 amide bonds. The quantitative estimate of drug-likeness (QED) is 0.784. The molecular formula is C14H17F2N. The SMILES string of the molecule is NC1C=C(Cc2c(F)cccc2F)CCCC1. The first-order valence-electron chi connectivity index (χ1n) is 6.05. The molecule has 3 heteroatoms. The lowest BCUT2D eigenvalue weighted by Crippen LogP contribution is -2.16. The second-order valence-corrected chi connectivity index (χ2v) is 4.61. The van der Waals surface area contributed by atoms with E-state index in [0.29, 0.717) is 6.42 Å². The summed E-state index contributed by atoms with van der Waals surface area (Å²) >= 11 is 0. The van der Waals surface area contributed by atoms with Gasteiger partial charge in [-0.25, -0.2) is 8.78 Å². The van der Waals surface area contributed by atoms with E-state index in [1.807, 2.05) is 6.08 Å². The minimum atomic E-state index is -0.469. The Kier molecular flexibility index (Phi) is 3.89. The number of benzene rings is 1. The van der Waals surface area contributed by atoms with Crippen LogP contribution in [0.1, 0.15) is 31.2 Å². The molecular weight excluding hydrogens is 220 g/mol. The van der Waals surface area contributed by atoms with Gasteiger partial charge < -0.3 is 5.73 Å². The number of nitrogens with two attached hydrogens (primary N) is 1. The van der Waals surface area contributed by atoms with Gasteiger partial charge in [0, 0.05) is 11.6 Å². The lowest BCUT2D eigenvalue weighted by Gasteiger charge is -2.09. The summed E-state index contributed by atoms with van der Waals surface area (Å²) in [5.41, 5.74) is 7.11. The van der Waals surface area contributed by atoms with Crippen LogP contribution in [0.4, 0.5) is 8.78 Å². The fourth-order valence-corrected chi connectivity index (χ4v) is 2.28. The zero-order valence-corrected chi connectivity index (χ0v) is 9.76. The van der Waals surface area contributed by atoms with Crippen molar-refractivity contribution in [1.29, 1.82) is 0 Å². The molecule has 2 rings (SSSR count). The molecule has 17 heavy (non-hydrogen) atoms. The van der Waals surface area contributed by atoms with Crippen molar-refractivity contribution in [2.75, 3.05) is 0 Å². The molecule has 1 aliphatic carbocycles. The number of hydrogen-bond donors (Lipinski definition) is 1. The molecule has 0 saturated carbocycles. The third-order valence-electron chi connectivity index (χ3n) is 3.20. The summed E-state index contributed by atoms with van der Waals surface area (Å²) in [6.07, 6.45) is 6.30. The molecule has 0 radical (unpaired) electrons. The van der Waals surface area contributed by atoms with E-state index in [-0.39, 0.29) is 11.6 Å². The Balaban J connectivity index is 2.19. The van der Waals surface area contributed by atoms with Crippen molar-refractivity contribution in [3.05, 3.63) is 47.0 Å². The molecule has 1 aromatic carbocycles. The van der Waals surface area contributed by atoms with Gasteiger partial charge in [-0.1, -0.05) is 24.1 Å². The smallest absolute Gasteiger partial charge is 0.129 e. The van der Waals surface area contributed by atoms with E-state index in [0.717, 1.165) is 31.3 Å². The van der Waals surface area contributed by atoms with Gasteiger partial charge in [-0.05, 0) is 37.8 Å². The summed E-state index contributed by atoms with van der Waals surface area (Å²) in [4.78, 5) is 0. The van der Waals surface area contributed by atoms with Crippen molar-refractivity contribution >= 4 is 0 Å².